The molecule has 1 saturated heterocycles. The van der Waals surface area contributed by atoms with E-state index in [1.54, 1.807) is 6.08 Å². The first-order valence-corrected chi connectivity index (χ1v) is 3.81. The number of carboxylic acids is 1. The Morgan fingerprint density at radius 1 is 1.73 bits per heavy atom. The number of hydrogen-bond acceptors (Lipinski definition) is 2. The van der Waals surface area contributed by atoms with Crippen LogP contribution in [0, 0.1) is 0 Å². The molecule has 1 aliphatic heterocycles. The fourth-order valence-electron chi connectivity index (χ4n) is 1.37. The lowest BCUT2D eigenvalue weighted by atomic mass is 10.2. The Balaban J connectivity index is 2.42. The van der Waals surface area contributed by atoms with Crippen molar-refractivity contribution >= 4 is 5.97 Å². The molecule has 1 rings (SSSR count). The van der Waals surface area contributed by atoms with E-state index in [2.05, 4.69) is 4.90 Å². The lowest BCUT2D eigenvalue weighted by molar-refractivity contribution is -0.131. The Kier molecular flexibility index (Phi) is 2.65. The van der Waals surface area contributed by atoms with Crippen molar-refractivity contribution < 1.29 is 9.90 Å². The molecule has 1 heterocycles. The highest BCUT2D eigenvalue weighted by Crippen LogP contribution is 2.15. The lowest BCUT2D eigenvalue weighted by Gasteiger charge is -2.14. The maximum absolute atomic E-state index is 10.2. The molecule has 62 valence electrons. The molecule has 3 heteroatoms. The molecule has 0 bridgehead atoms. The van der Waals surface area contributed by atoms with Crippen LogP contribution in [-0.2, 0) is 4.79 Å². The minimum atomic E-state index is -0.856. The second-order valence-corrected chi connectivity index (χ2v) is 2.89. The number of likely N-dealkylation sites (N-methyl/N-ethyl adjacent to an activating group) is 1. The molecule has 0 unspecified atom stereocenters. The summed E-state index contributed by atoms with van der Waals surface area (Å²) in [5, 5.41) is 8.35. The first-order chi connectivity index (χ1) is 5.20. The van der Waals surface area contributed by atoms with E-state index in [1.807, 2.05) is 7.05 Å². The van der Waals surface area contributed by atoms with Gasteiger partial charge in [-0.25, -0.2) is 4.79 Å². The van der Waals surface area contributed by atoms with Crippen LogP contribution in [-0.4, -0.2) is 35.6 Å². The second kappa shape index (κ2) is 3.53. The van der Waals surface area contributed by atoms with Gasteiger partial charge in [0.2, 0.25) is 0 Å². The van der Waals surface area contributed by atoms with E-state index in [4.69, 9.17) is 5.11 Å². The highest BCUT2D eigenvalue weighted by atomic mass is 16.4. The zero-order chi connectivity index (χ0) is 8.27. The summed E-state index contributed by atoms with van der Waals surface area (Å²) in [5.41, 5.74) is 0. The summed E-state index contributed by atoms with van der Waals surface area (Å²) in [4.78, 5) is 12.3. The number of hydrogen-bond donors (Lipinski definition) is 1. The smallest absolute Gasteiger partial charge is 0.328 e. The van der Waals surface area contributed by atoms with Crippen LogP contribution >= 0.6 is 0 Å². The van der Waals surface area contributed by atoms with E-state index in [0.29, 0.717) is 6.04 Å². The monoisotopic (exact) mass is 155 g/mol. The molecular weight excluding hydrogens is 142 g/mol. The van der Waals surface area contributed by atoms with Gasteiger partial charge in [0.05, 0.1) is 0 Å². The van der Waals surface area contributed by atoms with Crippen molar-refractivity contribution in [3.05, 3.63) is 12.2 Å². The molecule has 0 spiro atoms. The molecule has 1 atom stereocenters. The fraction of sp³-hybridized carbons (Fsp3) is 0.625. The minimum Gasteiger partial charge on any atom is -0.478 e. The molecule has 3 nitrogen and oxygen atoms in total. The first kappa shape index (κ1) is 8.27. The predicted octanol–water partition coefficient (Wildman–Crippen LogP) is 0.721. The van der Waals surface area contributed by atoms with Gasteiger partial charge in [-0.1, -0.05) is 6.08 Å². The van der Waals surface area contributed by atoms with Gasteiger partial charge in [0.15, 0.2) is 0 Å². The van der Waals surface area contributed by atoms with Crippen molar-refractivity contribution in [2.45, 2.75) is 18.9 Å². The van der Waals surface area contributed by atoms with E-state index in [0.717, 1.165) is 13.0 Å². The maximum atomic E-state index is 10.2. The SMILES string of the molecule is CN1CCC[C@H]1C=CC(=O)O. The Bertz CT molecular complexity index is 177. The highest BCUT2D eigenvalue weighted by Gasteiger charge is 2.17. The van der Waals surface area contributed by atoms with Gasteiger partial charge in [-0.2, -0.15) is 0 Å². The molecule has 11 heavy (non-hydrogen) atoms. The Morgan fingerprint density at radius 2 is 2.45 bits per heavy atom. The summed E-state index contributed by atoms with van der Waals surface area (Å²) in [6.07, 6.45) is 5.24. The van der Waals surface area contributed by atoms with Crippen molar-refractivity contribution in [2.24, 2.45) is 0 Å². The van der Waals surface area contributed by atoms with Crippen LogP contribution in [0.3, 0.4) is 0 Å². The van der Waals surface area contributed by atoms with Gasteiger partial charge in [0.25, 0.3) is 0 Å². The van der Waals surface area contributed by atoms with Crippen molar-refractivity contribution in [3.8, 4) is 0 Å². The van der Waals surface area contributed by atoms with Crippen LogP contribution < -0.4 is 0 Å². The Labute approximate surface area is 66.3 Å². The number of rotatable bonds is 2. The molecule has 1 aliphatic rings. The molecule has 1 N–H and O–H groups in total. The molecule has 0 aromatic rings. The van der Waals surface area contributed by atoms with Crippen LogP contribution in [0.2, 0.25) is 0 Å². The average molecular weight is 155 g/mol. The van der Waals surface area contributed by atoms with E-state index >= 15 is 0 Å². The van der Waals surface area contributed by atoms with Crippen molar-refractivity contribution in [2.75, 3.05) is 13.6 Å². The standard InChI is InChI=1S/C8H13NO2/c1-9-6-2-3-7(9)4-5-8(10)11/h4-5,7H,2-3,6H2,1H3,(H,10,11)/t7-/m0/s1. The molecule has 0 saturated carbocycles. The van der Waals surface area contributed by atoms with Gasteiger partial charge in [-0.05, 0) is 26.4 Å². The lowest BCUT2D eigenvalue weighted by Crippen LogP contribution is -2.22. The van der Waals surface area contributed by atoms with Crippen LogP contribution in [0.4, 0.5) is 0 Å². The van der Waals surface area contributed by atoms with Gasteiger partial charge in [0.1, 0.15) is 0 Å². The van der Waals surface area contributed by atoms with E-state index in [-0.39, 0.29) is 0 Å². The number of carboxylic acid groups (broad SMARTS) is 1. The van der Waals surface area contributed by atoms with Crippen LogP contribution in [0.5, 0.6) is 0 Å². The maximum Gasteiger partial charge on any atom is 0.328 e. The van der Waals surface area contributed by atoms with Gasteiger partial charge in [-0.3, -0.25) is 4.90 Å². The molecule has 0 aromatic heterocycles. The third-order valence-corrected chi connectivity index (χ3v) is 2.04. The molecular formula is C8H13NO2. The van der Waals surface area contributed by atoms with Crippen LogP contribution in [0.15, 0.2) is 12.2 Å². The molecule has 0 radical (unpaired) electrons. The zero-order valence-corrected chi connectivity index (χ0v) is 6.66. The number of aliphatic carboxylic acids is 1. The third-order valence-electron chi connectivity index (χ3n) is 2.04. The zero-order valence-electron chi connectivity index (χ0n) is 6.66. The van der Waals surface area contributed by atoms with Crippen molar-refractivity contribution in [1.29, 1.82) is 0 Å². The molecule has 0 amide bonds. The van der Waals surface area contributed by atoms with Gasteiger partial charge < -0.3 is 5.11 Å². The number of carbonyl (C=O) groups is 1. The topological polar surface area (TPSA) is 40.5 Å². The van der Waals surface area contributed by atoms with Crippen molar-refractivity contribution in [3.63, 3.8) is 0 Å². The predicted molar refractivity (Wildman–Crippen MR) is 42.4 cm³/mol. The largest absolute Gasteiger partial charge is 0.478 e. The van der Waals surface area contributed by atoms with E-state index < -0.39 is 5.97 Å². The summed E-state index contributed by atoms with van der Waals surface area (Å²) in [6, 6.07) is 0.339. The van der Waals surface area contributed by atoms with Crippen molar-refractivity contribution in [1.82, 2.24) is 4.90 Å². The van der Waals surface area contributed by atoms with Crippen LogP contribution in [0.1, 0.15) is 12.8 Å². The summed E-state index contributed by atoms with van der Waals surface area (Å²) in [6.45, 7) is 1.08. The molecule has 0 aromatic carbocycles. The number of likely N-dealkylation sites (tertiary alicyclic amines) is 1. The second-order valence-electron chi connectivity index (χ2n) is 2.89. The highest BCUT2D eigenvalue weighted by molar-refractivity contribution is 5.79. The molecule has 0 aliphatic carbocycles. The Hall–Kier alpha value is -0.830. The molecule has 1 fully saturated rings. The summed E-state index contributed by atoms with van der Waals surface area (Å²) >= 11 is 0. The average Bonchev–Trinajstić information content (AvgIpc) is 2.31. The normalized spacial score (nSPS) is 26.5. The Morgan fingerprint density at radius 3 is 2.91 bits per heavy atom. The third kappa shape index (κ3) is 2.35. The van der Waals surface area contributed by atoms with Gasteiger partial charge in [-0.15, -0.1) is 0 Å². The summed E-state index contributed by atoms with van der Waals surface area (Å²) in [7, 11) is 2.02. The van der Waals surface area contributed by atoms with Gasteiger partial charge >= 0.3 is 5.97 Å². The fourth-order valence-corrected chi connectivity index (χ4v) is 1.37. The summed E-state index contributed by atoms with van der Waals surface area (Å²) in [5.74, 6) is -0.856. The van der Waals surface area contributed by atoms with Gasteiger partial charge in [0, 0.05) is 12.1 Å². The van der Waals surface area contributed by atoms with E-state index in [1.165, 1.54) is 12.5 Å². The minimum absolute atomic E-state index is 0.339. The van der Waals surface area contributed by atoms with Crippen LogP contribution in [0.25, 0.3) is 0 Å². The number of nitrogens with zero attached hydrogens (tertiary/aromatic N) is 1. The van der Waals surface area contributed by atoms with E-state index in [9.17, 15) is 4.79 Å². The summed E-state index contributed by atoms with van der Waals surface area (Å²) < 4.78 is 0. The first-order valence-electron chi connectivity index (χ1n) is 3.81. The quantitative estimate of drug-likeness (QED) is 0.597.